The van der Waals surface area contributed by atoms with Gasteiger partial charge in [-0.15, -0.1) is 0 Å². The smallest absolute Gasteiger partial charge is 0.0103 e. The molecule has 0 bridgehead atoms. The first-order chi connectivity index (χ1) is 5.97. The molecule has 0 nitrogen and oxygen atoms in total. The van der Waals surface area contributed by atoms with Crippen LogP contribution >= 0.6 is 0 Å². The van der Waals surface area contributed by atoms with E-state index in [0.29, 0.717) is 0 Å². The molecule has 0 spiro atoms. The van der Waals surface area contributed by atoms with Gasteiger partial charge in [-0.25, -0.2) is 0 Å². The summed E-state index contributed by atoms with van der Waals surface area (Å²) >= 11 is 0. The Kier molecular flexibility index (Phi) is 2.26. The van der Waals surface area contributed by atoms with Crippen LogP contribution in [0.25, 0.3) is 6.08 Å². The molecule has 1 aliphatic carbocycles. The lowest BCUT2D eigenvalue weighted by molar-refractivity contribution is 0.743. The molecule has 0 fully saturated rings. The molecule has 2 rings (SSSR count). The number of benzene rings is 1. The van der Waals surface area contributed by atoms with Gasteiger partial charge in [0.2, 0.25) is 0 Å². The van der Waals surface area contributed by atoms with Crippen molar-refractivity contribution in [2.24, 2.45) is 0 Å². The monoisotopic (exact) mass is 157 g/mol. The Morgan fingerprint density at radius 1 is 1.25 bits per heavy atom. The Morgan fingerprint density at radius 3 is 3.25 bits per heavy atom. The zero-order chi connectivity index (χ0) is 8.23. The third-order valence-electron chi connectivity index (χ3n) is 2.33. The summed E-state index contributed by atoms with van der Waals surface area (Å²) in [5.74, 6) is 0. The average Bonchev–Trinajstić information content (AvgIpc) is 2.06. The van der Waals surface area contributed by atoms with Crippen LogP contribution in [0.3, 0.4) is 0 Å². The minimum absolute atomic E-state index is 1.22. The van der Waals surface area contributed by atoms with Crippen LogP contribution < -0.4 is 0 Å². The highest BCUT2D eigenvalue weighted by Gasteiger charge is 2.00. The summed E-state index contributed by atoms with van der Waals surface area (Å²) in [6, 6.07) is 9.55. The molecule has 0 unspecified atom stereocenters. The van der Waals surface area contributed by atoms with Gasteiger partial charge in [-0.2, -0.15) is 0 Å². The van der Waals surface area contributed by atoms with Crippen LogP contribution in [0, 0.1) is 6.07 Å². The van der Waals surface area contributed by atoms with Crippen molar-refractivity contribution in [3.05, 3.63) is 41.5 Å². The van der Waals surface area contributed by atoms with Crippen molar-refractivity contribution < 1.29 is 0 Å². The molecule has 0 N–H and O–H groups in total. The topological polar surface area (TPSA) is 0 Å². The molecule has 61 valence electrons. The van der Waals surface area contributed by atoms with Crippen molar-refractivity contribution in [3.8, 4) is 0 Å². The van der Waals surface area contributed by atoms with E-state index in [-0.39, 0.29) is 0 Å². The quantitative estimate of drug-likeness (QED) is 0.542. The van der Waals surface area contributed by atoms with Gasteiger partial charge in [-0.1, -0.05) is 30.4 Å². The lowest BCUT2D eigenvalue weighted by Crippen LogP contribution is -1.91. The molecule has 1 aromatic carbocycles. The average molecular weight is 157 g/mol. The number of aryl methyl sites for hydroxylation is 1. The SMILES string of the molecule is [c]1cccc2c1/C=C\CCCC2. The second-order valence-electron chi connectivity index (χ2n) is 3.26. The summed E-state index contributed by atoms with van der Waals surface area (Å²) in [6.45, 7) is 0. The molecule has 0 amide bonds. The summed E-state index contributed by atoms with van der Waals surface area (Å²) in [5, 5.41) is 0. The van der Waals surface area contributed by atoms with E-state index in [4.69, 9.17) is 0 Å². The maximum absolute atomic E-state index is 3.27. The standard InChI is InChI=1S/C12H13/c1-2-4-8-12-10-6-5-9-11(12)7-3-1/h3,5-7,10H,1-2,4,8H2/b7-3-. The molecule has 0 saturated heterocycles. The molecule has 0 saturated carbocycles. The van der Waals surface area contributed by atoms with E-state index in [2.05, 4.69) is 30.4 Å². The van der Waals surface area contributed by atoms with Crippen LogP contribution in [-0.2, 0) is 6.42 Å². The van der Waals surface area contributed by atoms with E-state index in [9.17, 15) is 0 Å². The second-order valence-corrected chi connectivity index (χ2v) is 3.26. The number of hydrogen-bond donors (Lipinski definition) is 0. The molecule has 1 aliphatic rings. The van der Waals surface area contributed by atoms with Crippen molar-refractivity contribution in [1.82, 2.24) is 0 Å². The summed E-state index contributed by atoms with van der Waals surface area (Å²) < 4.78 is 0. The molecular formula is C12H13. The van der Waals surface area contributed by atoms with Gasteiger partial charge in [0.15, 0.2) is 0 Å². The van der Waals surface area contributed by atoms with Crippen molar-refractivity contribution in [1.29, 1.82) is 0 Å². The zero-order valence-corrected chi connectivity index (χ0v) is 7.22. The highest BCUT2D eigenvalue weighted by atomic mass is 14.1. The first-order valence-electron chi connectivity index (χ1n) is 4.63. The molecule has 12 heavy (non-hydrogen) atoms. The van der Waals surface area contributed by atoms with Crippen LogP contribution in [0.2, 0.25) is 0 Å². The van der Waals surface area contributed by atoms with E-state index >= 15 is 0 Å². The maximum atomic E-state index is 3.27. The molecule has 0 aliphatic heterocycles. The fourth-order valence-electron chi connectivity index (χ4n) is 1.64. The van der Waals surface area contributed by atoms with Crippen LogP contribution in [0.1, 0.15) is 30.4 Å². The summed E-state index contributed by atoms with van der Waals surface area (Å²) in [4.78, 5) is 0. The Bertz CT molecular complexity index is 284. The molecule has 1 radical (unpaired) electrons. The third kappa shape index (κ3) is 1.58. The van der Waals surface area contributed by atoms with Crippen LogP contribution in [0.4, 0.5) is 0 Å². The van der Waals surface area contributed by atoms with Gasteiger partial charge in [0.05, 0.1) is 0 Å². The van der Waals surface area contributed by atoms with Crippen molar-refractivity contribution in [2.45, 2.75) is 25.7 Å². The van der Waals surface area contributed by atoms with E-state index in [1.54, 1.807) is 0 Å². The molecule has 0 atom stereocenters. The van der Waals surface area contributed by atoms with Gasteiger partial charge < -0.3 is 0 Å². The lowest BCUT2D eigenvalue weighted by Gasteiger charge is -2.07. The minimum Gasteiger partial charge on any atom is -0.0839 e. The summed E-state index contributed by atoms with van der Waals surface area (Å²) in [6.07, 6.45) is 9.54. The van der Waals surface area contributed by atoms with Gasteiger partial charge in [0, 0.05) is 0 Å². The van der Waals surface area contributed by atoms with E-state index in [1.807, 2.05) is 6.07 Å². The molecule has 0 aromatic heterocycles. The van der Waals surface area contributed by atoms with Crippen molar-refractivity contribution >= 4 is 6.08 Å². The van der Waals surface area contributed by atoms with Gasteiger partial charge in [-0.3, -0.25) is 0 Å². The Hall–Kier alpha value is -1.04. The number of allylic oxidation sites excluding steroid dienone is 1. The minimum atomic E-state index is 1.22. The lowest BCUT2D eigenvalue weighted by atomic mass is 9.98. The summed E-state index contributed by atoms with van der Waals surface area (Å²) in [5.41, 5.74) is 2.74. The fraction of sp³-hybridized carbons (Fsp3) is 0.333. The van der Waals surface area contributed by atoms with Gasteiger partial charge in [-0.05, 0) is 42.9 Å². The van der Waals surface area contributed by atoms with E-state index in [1.165, 1.54) is 36.8 Å². The van der Waals surface area contributed by atoms with Gasteiger partial charge in [0.25, 0.3) is 0 Å². The fourth-order valence-corrected chi connectivity index (χ4v) is 1.64. The first kappa shape index (κ1) is 7.60. The Balaban J connectivity index is 2.36. The van der Waals surface area contributed by atoms with Crippen molar-refractivity contribution in [3.63, 3.8) is 0 Å². The van der Waals surface area contributed by atoms with Gasteiger partial charge >= 0.3 is 0 Å². The molecule has 0 heterocycles. The number of fused-ring (bicyclic) bond motifs is 1. The first-order valence-corrected chi connectivity index (χ1v) is 4.63. The molecular weight excluding hydrogens is 144 g/mol. The van der Waals surface area contributed by atoms with Crippen molar-refractivity contribution in [2.75, 3.05) is 0 Å². The zero-order valence-electron chi connectivity index (χ0n) is 7.22. The van der Waals surface area contributed by atoms with Crippen LogP contribution in [-0.4, -0.2) is 0 Å². The molecule has 1 aromatic rings. The largest absolute Gasteiger partial charge is 0.0839 e. The third-order valence-corrected chi connectivity index (χ3v) is 2.33. The second kappa shape index (κ2) is 3.57. The molecule has 0 heteroatoms. The Morgan fingerprint density at radius 2 is 2.25 bits per heavy atom. The van der Waals surface area contributed by atoms with Crippen LogP contribution in [0.15, 0.2) is 24.3 Å². The number of rotatable bonds is 0. The predicted molar refractivity (Wildman–Crippen MR) is 51.9 cm³/mol. The van der Waals surface area contributed by atoms with Gasteiger partial charge in [0.1, 0.15) is 0 Å². The van der Waals surface area contributed by atoms with E-state index in [0.717, 1.165) is 0 Å². The summed E-state index contributed by atoms with van der Waals surface area (Å²) in [7, 11) is 0. The maximum Gasteiger partial charge on any atom is -0.0103 e. The highest BCUT2D eigenvalue weighted by Crippen LogP contribution is 2.17. The number of hydrogen-bond acceptors (Lipinski definition) is 0. The predicted octanol–water partition coefficient (Wildman–Crippen LogP) is 3.23. The van der Waals surface area contributed by atoms with Crippen LogP contribution in [0.5, 0.6) is 0 Å². The normalized spacial score (nSPS) is 19.0. The Labute approximate surface area is 73.9 Å². The van der Waals surface area contributed by atoms with E-state index < -0.39 is 0 Å². The highest BCUT2D eigenvalue weighted by molar-refractivity contribution is 5.53.